The summed E-state index contributed by atoms with van der Waals surface area (Å²) in [6.45, 7) is 1.83. The molecule has 23 heavy (non-hydrogen) atoms. The molecule has 0 saturated carbocycles. The fraction of sp³-hybridized carbons (Fsp3) is 0.118. The molecule has 1 aliphatic rings. The van der Waals surface area contributed by atoms with Gasteiger partial charge in [-0.15, -0.1) is 6.42 Å². The molecule has 1 N–H and O–H groups in total. The highest BCUT2D eigenvalue weighted by atomic mass is 32.2. The van der Waals surface area contributed by atoms with Crippen LogP contribution in [-0.4, -0.2) is 21.5 Å². The second-order valence-corrected chi connectivity index (χ2v) is 5.98. The lowest BCUT2D eigenvalue weighted by Crippen LogP contribution is -2.23. The van der Waals surface area contributed by atoms with E-state index in [0.29, 0.717) is 16.6 Å². The molecule has 2 aromatic rings. The number of fused-ring (bicyclic) bond motifs is 1. The van der Waals surface area contributed by atoms with Crippen molar-refractivity contribution in [2.75, 3.05) is 0 Å². The molecule has 0 aliphatic carbocycles. The van der Waals surface area contributed by atoms with Crippen molar-refractivity contribution >= 4 is 45.7 Å². The Labute approximate surface area is 137 Å². The minimum Gasteiger partial charge on any atom is -0.335 e. The first-order valence-corrected chi connectivity index (χ1v) is 7.71. The quantitative estimate of drug-likeness (QED) is 0.682. The number of nitrogens with zero attached hydrogens (tertiary/aromatic N) is 2. The maximum atomic E-state index is 12.0. The molecule has 114 valence electrons. The van der Waals surface area contributed by atoms with Crippen molar-refractivity contribution in [3.05, 3.63) is 40.9 Å². The number of aliphatic imine (C=N–C) groups is 1. The van der Waals surface area contributed by atoms with E-state index in [1.807, 2.05) is 35.0 Å². The van der Waals surface area contributed by atoms with Gasteiger partial charge in [-0.25, -0.2) is 0 Å². The summed E-state index contributed by atoms with van der Waals surface area (Å²) < 4.78 is 1.96. The summed E-state index contributed by atoms with van der Waals surface area (Å²) in [6.07, 6.45) is 9.10. The normalized spacial score (nSPS) is 15.7. The number of rotatable bonds is 2. The molecule has 0 atom stereocenters. The van der Waals surface area contributed by atoms with Crippen LogP contribution in [0.4, 0.5) is 0 Å². The Kier molecular flexibility index (Phi) is 4.04. The average molecular weight is 323 g/mol. The molecule has 3 rings (SSSR count). The third kappa shape index (κ3) is 3.05. The molecule has 1 aliphatic heterocycles. The van der Waals surface area contributed by atoms with Crippen LogP contribution in [0.3, 0.4) is 0 Å². The van der Waals surface area contributed by atoms with Crippen LogP contribution < -0.4 is 5.32 Å². The molecule has 0 unspecified atom stereocenters. The first-order valence-electron chi connectivity index (χ1n) is 6.90. The van der Waals surface area contributed by atoms with Crippen LogP contribution in [0.2, 0.25) is 0 Å². The van der Waals surface area contributed by atoms with Crippen molar-refractivity contribution in [1.29, 1.82) is 0 Å². The van der Waals surface area contributed by atoms with E-state index in [0.717, 1.165) is 28.2 Å². The molecule has 1 aromatic carbocycles. The van der Waals surface area contributed by atoms with Gasteiger partial charge in [0, 0.05) is 29.6 Å². The van der Waals surface area contributed by atoms with E-state index in [2.05, 4.69) is 16.2 Å². The number of thioether (sulfide) groups is 1. The second kappa shape index (κ2) is 6.15. The molecule has 1 aromatic heterocycles. The molecular weight excluding hydrogens is 310 g/mol. The lowest BCUT2D eigenvalue weighted by atomic mass is 10.1. The second-order valence-electron chi connectivity index (χ2n) is 4.95. The van der Waals surface area contributed by atoms with Crippen LogP contribution in [0, 0.1) is 12.3 Å². The van der Waals surface area contributed by atoms with Gasteiger partial charge >= 0.3 is 0 Å². The van der Waals surface area contributed by atoms with Crippen LogP contribution in [0.1, 0.15) is 12.5 Å². The Morgan fingerprint density at radius 2 is 2.26 bits per heavy atom. The smallest absolute Gasteiger partial charge is 0.286 e. The van der Waals surface area contributed by atoms with Gasteiger partial charge in [0.05, 0.1) is 11.4 Å². The highest BCUT2D eigenvalue weighted by molar-refractivity contribution is 8.18. The van der Waals surface area contributed by atoms with E-state index >= 15 is 0 Å². The van der Waals surface area contributed by atoms with Gasteiger partial charge in [-0.3, -0.25) is 9.59 Å². The minimum absolute atomic E-state index is 0.254. The predicted molar refractivity (Wildman–Crippen MR) is 92.6 cm³/mol. The first kappa shape index (κ1) is 15.1. The third-order valence-electron chi connectivity index (χ3n) is 3.27. The Morgan fingerprint density at radius 3 is 3.00 bits per heavy atom. The van der Waals surface area contributed by atoms with Crippen molar-refractivity contribution in [2.24, 2.45) is 4.99 Å². The van der Waals surface area contributed by atoms with Gasteiger partial charge in [-0.05, 0) is 23.9 Å². The number of nitrogens with one attached hydrogen (secondary N) is 1. The number of amidine groups is 1. The zero-order valence-corrected chi connectivity index (χ0v) is 13.2. The number of benzene rings is 1. The van der Waals surface area contributed by atoms with E-state index in [4.69, 9.17) is 6.42 Å². The maximum absolute atomic E-state index is 12.0. The first-order chi connectivity index (χ1) is 11.1. The van der Waals surface area contributed by atoms with E-state index < -0.39 is 0 Å². The topological polar surface area (TPSA) is 63.5 Å². The number of terminal acetylenes is 1. The van der Waals surface area contributed by atoms with Crippen molar-refractivity contribution in [1.82, 2.24) is 9.88 Å². The molecule has 6 heteroatoms. The molecule has 2 amide bonds. The third-order valence-corrected chi connectivity index (χ3v) is 4.17. The van der Waals surface area contributed by atoms with Crippen LogP contribution in [-0.2, 0) is 16.1 Å². The number of hydrogen-bond donors (Lipinski definition) is 1. The number of amides is 2. The molecule has 0 spiro atoms. The monoisotopic (exact) mass is 323 g/mol. The maximum Gasteiger partial charge on any atom is 0.286 e. The van der Waals surface area contributed by atoms with Gasteiger partial charge in [0.2, 0.25) is 5.91 Å². The zero-order valence-electron chi connectivity index (χ0n) is 12.4. The molecule has 0 bridgehead atoms. The summed E-state index contributed by atoms with van der Waals surface area (Å²) in [4.78, 5) is 27.3. The fourth-order valence-electron chi connectivity index (χ4n) is 2.37. The molecule has 0 fully saturated rings. The van der Waals surface area contributed by atoms with Crippen molar-refractivity contribution in [2.45, 2.75) is 13.5 Å². The minimum atomic E-state index is -0.354. The number of carbonyl (C=O) groups is 2. The standard InChI is InChI=1S/C17H13N3O2S/c1-3-8-20-10-12(13-6-4-5-7-14(13)20)9-15-16(22)19-17(23-15)18-11(2)21/h1,4-7,9-10H,8H2,2H3,(H,18,19,21,22)/b15-9-. The number of para-hydroxylation sites is 1. The Hall–Kier alpha value is -2.78. The average Bonchev–Trinajstić information content (AvgIpc) is 3.01. The number of carbonyl (C=O) groups excluding carboxylic acids is 2. The van der Waals surface area contributed by atoms with Gasteiger partial charge in [0.15, 0.2) is 5.17 Å². The molecule has 2 heterocycles. The Bertz CT molecular complexity index is 916. The molecule has 0 saturated heterocycles. The fourth-order valence-corrected chi connectivity index (χ4v) is 3.22. The predicted octanol–water partition coefficient (Wildman–Crippen LogP) is 2.38. The highest BCUT2D eigenvalue weighted by Crippen LogP contribution is 2.30. The number of hydrogen-bond acceptors (Lipinski definition) is 3. The lowest BCUT2D eigenvalue weighted by molar-refractivity contribution is -0.117. The van der Waals surface area contributed by atoms with Crippen LogP contribution >= 0.6 is 11.8 Å². The molecule has 5 nitrogen and oxygen atoms in total. The van der Waals surface area contributed by atoms with E-state index in [1.54, 1.807) is 6.08 Å². The summed E-state index contributed by atoms with van der Waals surface area (Å²) in [5, 5.41) is 3.85. The van der Waals surface area contributed by atoms with Crippen molar-refractivity contribution in [3.63, 3.8) is 0 Å². The summed E-state index contributed by atoms with van der Waals surface area (Å²) >= 11 is 1.15. The SMILES string of the molecule is C#CCn1cc(/C=C2\SC(NC(C)=O)=NC2=O)c2ccccc21. The van der Waals surface area contributed by atoms with E-state index in [-0.39, 0.29) is 11.8 Å². The molecular formula is C17H13N3O2S. The van der Waals surface area contributed by atoms with Crippen molar-refractivity contribution < 1.29 is 9.59 Å². The largest absolute Gasteiger partial charge is 0.335 e. The van der Waals surface area contributed by atoms with Gasteiger partial charge < -0.3 is 9.88 Å². The van der Waals surface area contributed by atoms with E-state index in [9.17, 15) is 9.59 Å². The van der Waals surface area contributed by atoms with Gasteiger partial charge in [-0.1, -0.05) is 24.1 Å². The van der Waals surface area contributed by atoms with Gasteiger partial charge in [0.1, 0.15) is 0 Å². The Balaban J connectivity index is 1.98. The van der Waals surface area contributed by atoms with Crippen molar-refractivity contribution in [3.8, 4) is 12.3 Å². The summed E-state index contributed by atoms with van der Waals surface area (Å²) in [5.41, 5.74) is 1.90. The summed E-state index contributed by atoms with van der Waals surface area (Å²) in [7, 11) is 0. The van der Waals surface area contributed by atoms with Gasteiger partial charge in [-0.2, -0.15) is 4.99 Å². The summed E-state index contributed by atoms with van der Waals surface area (Å²) in [5.74, 6) is 2.01. The van der Waals surface area contributed by atoms with Crippen LogP contribution in [0.5, 0.6) is 0 Å². The summed E-state index contributed by atoms with van der Waals surface area (Å²) in [6, 6.07) is 7.85. The highest BCUT2D eigenvalue weighted by Gasteiger charge is 2.23. The van der Waals surface area contributed by atoms with Gasteiger partial charge in [0.25, 0.3) is 5.91 Å². The zero-order chi connectivity index (χ0) is 16.4. The Morgan fingerprint density at radius 1 is 1.48 bits per heavy atom. The number of aromatic nitrogens is 1. The lowest BCUT2D eigenvalue weighted by Gasteiger charge is -1.97. The van der Waals surface area contributed by atoms with Crippen LogP contribution in [0.25, 0.3) is 17.0 Å². The van der Waals surface area contributed by atoms with E-state index in [1.165, 1.54) is 6.92 Å². The molecule has 0 radical (unpaired) electrons. The van der Waals surface area contributed by atoms with Crippen LogP contribution in [0.15, 0.2) is 40.4 Å².